The maximum absolute atomic E-state index is 6.27. The molecule has 0 bridgehead atoms. The monoisotopic (exact) mass is 648 g/mol. The number of hydrogen-bond donors (Lipinski definition) is 0. The van der Waals surface area contributed by atoms with Crippen LogP contribution in [0.4, 0.5) is 0 Å². The molecule has 11 rings (SSSR count). The van der Waals surface area contributed by atoms with E-state index in [0.717, 1.165) is 27.5 Å². The molecule has 1 nitrogen and oxygen atoms in total. The Hall–Kier alpha value is -6.44. The van der Waals surface area contributed by atoms with E-state index in [9.17, 15) is 0 Å². The molecule has 0 N–H and O–H groups in total. The van der Waals surface area contributed by atoms with Gasteiger partial charge in [-0.15, -0.1) is 0 Å². The molecule has 9 aromatic rings. The normalized spacial score (nSPS) is 15.5. The van der Waals surface area contributed by atoms with Gasteiger partial charge in [0.2, 0.25) is 0 Å². The van der Waals surface area contributed by atoms with Crippen molar-refractivity contribution in [1.29, 1.82) is 0 Å². The Kier molecular flexibility index (Phi) is 6.15. The van der Waals surface area contributed by atoms with E-state index < -0.39 is 0 Å². The van der Waals surface area contributed by atoms with Crippen molar-refractivity contribution in [3.8, 4) is 44.5 Å². The zero-order chi connectivity index (χ0) is 33.5. The summed E-state index contributed by atoms with van der Waals surface area (Å²) in [5.41, 5.74) is 20.2. The first-order valence-electron chi connectivity index (χ1n) is 17.8. The molecule has 2 aliphatic rings. The average Bonchev–Trinajstić information content (AvgIpc) is 3.85. The lowest BCUT2D eigenvalue weighted by molar-refractivity contribution is 0.669. The highest BCUT2D eigenvalue weighted by molar-refractivity contribution is 6.05. The number of para-hydroxylation sites is 1. The van der Waals surface area contributed by atoms with Crippen LogP contribution in [0.5, 0.6) is 0 Å². The Morgan fingerprint density at radius 1 is 0.294 bits per heavy atom. The van der Waals surface area contributed by atoms with E-state index >= 15 is 0 Å². The fourth-order valence-corrected chi connectivity index (χ4v) is 8.94. The summed E-state index contributed by atoms with van der Waals surface area (Å²) in [6, 6.07) is 67.0. The first kappa shape index (κ1) is 28.4. The zero-order valence-corrected chi connectivity index (χ0v) is 27.9. The van der Waals surface area contributed by atoms with E-state index in [0.29, 0.717) is 0 Å². The van der Waals surface area contributed by atoms with E-state index in [2.05, 4.69) is 170 Å². The molecule has 1 aromatic heterocycles. The van der Waals surface area contributed by atoms with E-state index in [1.807, 2.05) is 12.1 Å². The third kappa shape index (κ3) is 4.35. The van der Waals surface area contributed by atoms with Gasteiger partial charge in [0.15, 0.2) is 0 Å². The molecule has 0 fully saturated rings. The summed E-state index contributed by atoms with van der Waals surface area (Å²) in [5.74, 6) is 0.368. The van der Waals surface area contributed by atoms with E-state index in [-0.39, 0.29) is 11.8 Å². The molecular formula is C50H32O. The fraction of sp³-hybridized carbons (Fsp3) is 0.0400. The predicted octanol–water partition coefficient (Wildman–Crippen LogP) is 13.2. The van der Waals surface area contributed by atoms with Crippen molar-refractivity contribution in [3.63, 3.8) is 0 Å². The van der Waals surface area contributed by atoms with Crippen molar-refractivity contribution in [3.05, 3.63) is 215 Å². The van der Waals surface area contributed by atoms with Crippen molar-refractivity contribution in [2.75, 3.05) is 0 Å². The molecule has 2 atom stereocenters. The van der Waals surface area contributed by atoms with Crippen molar-refractivity contribution < 1.29 is 4.42 Å². The predicted molar refractivity (Wildman–Crippen MR) is 210 cm³/mol. The second-order valence-corrected chi connectivity index (χ2v) is 14.0. The molecule has 1 heteroatoms. The summed E-state index contributed by atoms with van der Waals surface area (Å²) in [7, 11) is 0. The molecule has 2 unspecified atom stereocenters. The summed E-state index contributed by atoms with van der Waals surface area (Å²) in [5, 5.41) is 2.31. The molecule has 0 amide bonds. The standard InChI is InChI=1S/C50H32O/c1-2-11-31(12-3-1)49-43-18-6-4-15-37(43)39-24-21-33(28-45(39)49)34-22-25-40-38-16-5-7-19-44(38)50(46(40)29-34)36-14-10-13-32(27-36)35-23-26-42-41-17-8-9-20-47(41)51-48(42)30-35/h1-30,49-50H. The maximum Gasteiger partial charge on any atom is 0.136 e. The van der Waals surface area contributed by atoms with Gasteiger partial charge in [-0.1, -0.05) is 152 Å². The minimum atomic E-state index is 0.141. The van der Waals surface area contributed by atoms with Crippen molar-refractivity contribution in [1.82, 2.24) is 0 Å². The quantitative estimate of drug-likeness (QED) is 0.185. The molecular weight excluding hydrogens is 617 g/mol. The molecule has 8 aromatic carbocycles. The molecule has 238 valence electrons. The second kappa shape index (κ2) is 11.0. The first-order valence-corrected chi connectivity index (χ1v) is 17.8. The van der Waals surface area contributed by atoms with Gasteiger partial charge >= 0.3 is 0 Å². The van der Waals surface area contributed by atoms with Gasteiger partial charge in [-0.2, -0.15) is 0 Å². The van der Waals surface area contributed by atoms with Crippen molar-refractivity contribution in [2.45, 2.75) is 11.8 Å². The van der Waals surface area contributed by atoms with Crippen LogP contribution >= 0.6 is 0 Å². The van der Waals surface area contributed by atoms with Gasteiger partial charge in [-0.25, -0.2) is 0 Å². The molecule has 1 heterocycles. The second-order valence-electron chi connectivity index (χ2n) is 14.0. The molecule has 0 saturated carbocycles. The molecule has 0 aliphatic heterocycles. The van der Waals surface area contributed by atoms with E-state index in [1.54, 1.807) is 0 Å². The highest BCUT2D eigenvalue weighted by atomic mass is 16.3. The highest BCUT2D eigenvalue weighted by Crippen LogP contribution is 2.52. The summed E-state index contributed by atoms with van der Waals surface area (Å²) in [6.07, 6.45) is 0. The van der Waals surface area contributed by atoms with Crippen LogP contribution in [0.15, 0.2) is 186 Å². The van der Waals surface area contributed by atoms with E-state index in [1.165, 1.54) is 72.3 Å². The van der Waals surface area contributed by atoms with Crippen LogP contribution in [0.1, 0.15) is 45.2 Å². The molecule has 2 aliphatic carbocycles. The number of benzene rings is 8. The van der Waals surface area contributed by atoms with Crippen molar-refractivity contribution in [2.24, 2.45) is 0 Å². The first-order chi connectivity index (χ1) is 25.3. The van der Waals surface area contributed by atoms with Gasteiger partial charge in [-0.3, -0.25) is 0 Å². The Labute approximate surface area is 297 Å². The molecule has 51 heavy (non-hydrogen) atoms. The molecule has 0 spiro atoms. The van der Waals surface area contributed by atoms with Crippen LogP contribution in [-0.2, 0) is 0 Å². The third-order valence-corrected chi connectivity index (χ3v) is 11.2. The largest absolute Gasteiger partial charge is 0.456 e. The van der Waals surface area contributed by atoms with Crippen molar-refractivity contribution >= 4 is 21.9 Å². The zero-order valence-electron chi connectivity index (χ0n) is 27.9. The Balaban J connectivity index is 1.02. The minimum Gasteiger partial charge on any atom is -0.456 e. The van der Waals surface area contributed by atoms with Crippen LogP contribution in [0.2, 0.25) is 0 Å². The van der Waals surface area contributed by atoms with Crippen LogP contribution in [-0.4, -0.2) is 0 Å². The van der Waals surface area contributed by atoms with Crippen LogP contribution in [0.25, 0.3) is 66.4 Å². The molecule has 0 saturated heterocycles. The van der Waals surface area contributed by atoms with Gasteiger partial charge in [0.1, 0.15) is 11.2 Å². The topological polar surface area (TPSA) is 13.1 Å². The van der Waals surface area contributed by atoms with Gasteiger partial charge in [-0.05, 0) is 108 Å². The SMILES string of the molecule is c1ccc(C2c3ccccc3-c3ccc(-c4ccc5c(c4)C(c4cccc(-c6ccc7c(c6)oc6ccccc67)c4)c4ccccc4-5)cc32)cc1. The van der Waals surface area contributed by atoms with Crippen LogP contribution in [0, 0.1) is 0 Å². The lowest BCUT2D eigenvalue weighted by Gasteiger charge is -2.18. The Bertz CT molecular complexity index is 2820. The van der Waals surface area contributed by atoms with Gasteiger partial charge in [0.25, 0.3) is 0 Å². The average molecular weight is 649 g/mol. The smallest absolute Gasteiger partial charge is 0.136 e. The summed E-state index contributed by atoms with van der Waals surface area (Å²) in [4.78, 5) is 0. The minimum absolute atomic E-state index is 0.141. The van der Waals surface area contributed by atoms with Gasteiger partial charge in [0.05, 0.1) is 0 Å². The number of furan rings is 1. The van der Waals surface area contributed by atoms with E-state index in [4.69, 9.17) is 4.42 Å². The molecule has 0 radical (unpaired) electrons. The summed E-state index contributed by atoms with van der Waals surface area (Å²) in [6.45, 7) is 0. The lowest BCUT2D eigenvalue weighted by atomic mass is 9.85. The highest BCUT2D eigenvalue weighted by Gasteiger charge is 2.32. The van der Waals surface area contributed by atoms with Gasteiger partial charge in [0, 0.05) is 22.6 Å². The number of rotatable bonds is 4. The van der Waals surface area contributed by atoms with Crippen LogP contribution in [0.3, 0.4) is 0 Å². The Morgan fingerprint density at radius 3 is 1.53 bits per heavy atom. The number of hydrogen-bond acceptors (Lipinski definition) is 1. The number of fused-ring (bicyclic) bond motifs is 9. The Morgan fingerprint density at radius 2 is 0.804 bits per heavy atom. The summed E-state index contributed by atoms with van der Waals surface area (Å²) < 4.78 is 6.27. The van der Waals surface area contributed by atoms with Crippen LogP contribution < -0.4 is 0 Å². The lowest BCUT2D eigenvalue weighted by Crippen LogP contribution is -2.00. The summed E-state index contributed by atoms with van der Waals surface area (Å²) >= 11 is 0. The van der Waals surface area contributed by atoms with Gasteiger partial charge < -0.3 is 4.42 Å². The third-order valence-electron chi connectivity index (χ3n) is 11.2. The maximum atomic E-state index is 6.27. The fourth-order valence-electron chi connectivity index (χ4n) is 8.94.